The van der Waals surface area contributed by atoms with E-state index in [4.69, 9.17) is 5.73 Å². The number of hydrogen-bond donors (Lipinski definition) is 2. The van der Waals surface area contributed by atoms with Crippen molar-refractivity contribution in [2.24, 2.45) is 5.73 Å². The number of hydrogen-bond acceptors (Lipinski definition) is 2. The molecule has 0 saturated carbocycles. The molecule has 0 aliphatic carbocycles. The van der Waals surface area contributed by atoms with Crippen LogP contribution in [-0.4, -0.2) is 11.8 Å². The van der Waals surface area contributed by atoms with Crippen LogP contribution in [-0.2, 0) is 10.8 Å². The highest BCUT2D eigenvalue weighted by atomic mass is 19.1. The second-order valence-corrected chi connectivity index (χ2v) is 7.22. The Morgan fingerprint density at radius 1 is 1.11 bits per heavy atom. The maximum Gasteiger partial charge on any atom is 0.124 e. The lowest BCUT2D eigenvalue weighted by Gasteiger charge is -2.28. The molecule has 2 nitrogen and oxygen atoms in total. The summed E-state index contributed by atoms with van der Waals surface area (Å²) >= 11 is 0. The smallest absolute Gasteiger partial charge is 0.124 e. The first-order valence-corrected chi connectivity index (χ1v) is 6.68. The highest BCUT2D eigenvalue weighted by Crippen LogP contribution is 2.39. The van der Waals surface area contributed by atoms with Gasteiger partial charge in [0.1, 0.15) is 12.4 Å². The Kier molecular flexibility index (Phi) is 4.30. The molecule has 0 aliphatic rings. The molecule has 0 spiro atoms. The van der Waals surface area contributed by atoms with Gasteiger partial charge in [-0.15, -0.1) is 0 Å². The standard InChI is InChI=1S/C16H26FNO/c1-15(2,3)10-7-11(13(18)9-17)14(19)12(8-10)16(4,5)6/h7-8,13,19H,9,18H2,1-6H3/t13-/m1/s1. The lowest BCUT2D eigenvalue weighted by atomic mass is 9.78. The highest BCUT2D eigenvalue weighted by molar-refractivity contribution is 5.50. The fraction of sp³-hybridized carbons (Fsp3) is 0.625. The molecule has 108 valence electrons. The predicted octanol–water partition coefficient (Wildman–Crippen LogP) is 3.96. The van der Waals surface area contributed by atoms with Crippen LogP contribution in [0.2, 0.25) is 0 Å². The molecule has 1 atom stereocenters. The van der Waals surface area contributed by atoms with E-state index < -0.39 is 12.7 Å². The van der Waals surface area contributed by atoms with E-state index >= 15 is 0 Å². The molecule has 0 unspecified atom stereocenters. The maximum absolute atomic E-state index is 12.9. The largest absolute Gasteiger partial charge is 0.507 e. The number of halogens is 1. The van der Waals surface area contributed by atoms with Crippen molar-refractivity contribution in [1.29, 1.82) is 0 Å². The molecule has 3 N–H and O–H groups in total. The summed E-state index contributed by atoms with van der Waals surface area (Å²) < 4.78 is 12.9. The van der Waals surface area contributed by atoms with Crippen molar-refractivity contribution >= 4 is 0 Å². The van der Waals surface area contributed by atoms with E-state index in [1.165, 1.54) is 0 Å². The third-order valence-electron chi connectivity index (χ3n) is 3.38. The van der Waals surface area contributed by atoms with Crippen LogP contribution in [0.5, 0.6) is 5.75 Å². The minimum Gasteiger partial charge on any atom is -0.507 e. The molecular formula is C16H26FNO. The molecule has 0 saturated heterocycles. The minimum atomic E-state index is -0.775. The topological polar surface area (TPSA) is 46.2 Å². The molecule has 1 rings (SSSR count). The molecule has 0 bridgehead atoms. The van der Waals surface area contributed by atoms with E-state index in [9.17, 15) is 9.50 Å². The van der Waals surface area contributed by atoms with Crippen LogP contribution in [0, 0.1) is 0 Å². The zero-order valence-corrected chi connectivity index (χ0v) is 12.8. The van der Waals surface area contributed by atoms with Gasteiger partial charge in [0.2, 0.25) is 0 Å². The molecular weight excluding hydrogens is 241 g/mol. The van der Waals surface area contributed by atoms with Gasteiger partial charge in [0.15, 0.2) is 0 Å². The van der Waals surface area contributed by atoms with Crippen molar-refractivity contribution in [3.8, 4) is 5.75 Å². The van der Waals surface area contributed by atoms with Crippen LogP contribution in [0.15, 0.2) is 12.1 Å². The van der Waals surface area contributed by atoms with Crippen molar-refractivity contribution in [2.45, 2.75) is 58.4 Å². The first-order chi connectivity index (χ1) is 8.48. The zero-order chi connectivity index (χ0) is 15.0. The van der Waals surface area contributed by atoms with Gasteiger partial charge in [-0.2, -0.15) is 0 Å². The maximum atomic E-state index is 12.9. The Hall–Kier alpha value is -1.09. The second kappa shape index (κ2) is 5.12. The van der Waals surface area contributed by atoms with E-state index in [1.54, 1.807) is 0 Å². The van der Waals surface area contributed by atoms with Gasteiger partial charge in [-0.3, -0.25) is 0 Å². The first-order valence-electron chi connectivity index (χ1n) is 6.68. The van der Waals surface area contributed by atoms with Gasteiger partial charge in [-0.05, 0) is 28.0 Å². The number of alkyl halides is 1. The van der Waals surface area contributed by atoms with Crippen molar-refractivity contribution in [1.82, 2.24) is 0 Å². The fourth-order valence-electron chi connectivity index (χ4n) is 2.03. The molecule has 0 aliphatic heterocycles. The van der Waals surface area contributed by atoms with Gasteiger partial charge in [0.25, 0.3) is 0 Å². The van der Waals surface area contributed by atoms with Crippen molar-refractivity contribution < 1.29 is 9.50 Å². The molecule has 3 heteroatoms. The lowest BCUT2D eigenvalue weighted by Crippen LogP contribution is -2.20. The van der Waals surface area contributed by atoms with Crippen molar-refractivity contribution in [2.75, 3.05) is 6.67 Å². The lowest BCUT2D eigenvalue weighted by molar-refractivity contribution is 0.402. The number of aromatic hydroxyl groups is 1. The van der Waals surface area contributed by atoms with E-state index in [0.717, 1.165) is 11.1 Å². The fourth-order valence-corrected chi connectivity index (χ4v) is 2.03. The van der Waals surface area contributed by atoms with Gasteiger partial charge < -0.3 is 10.8 Å². The zero-order valence-electron chi connectivity index (χ0n) is 12.8. The van der Waals surface area contributed by atoms with Gasteiger partial charge in [-0.25, -0.2) is 4.39 Å². The van der Waals surface area contributed by atoms with Gasteiger partial charge in [-0.1, -0.05) is 47.6 Å². The number of phenolic OH excluding ortho intramolecular Hbond substituents is 1. The van der Waals surface area contributed by atoms with Crippen LogP contribution < -0.4 is 5.73 Å². The van der Waals surface area contributed by atoms with Crippen LogP contribution >= 0.6 is 0 Å². The Morgan fingerprint density at radius 2 is 1.63 bits per heavy atom. The van der Waals surface area contributed by atoms with Crippen molar-refractivity contribution in [3.63, 3.8) is 0 Å². The molecule has 0 aromatic heterocycles. The van der Waals surface area contributed by atoms with Crippen LogP contribution in [0.25, 0.3) is 0 Å². The van der Waals surface area contributed by atoms with E-state index in [0.29, 0.717) is 5.56 Å². The van der Waals surface area contributed by atoms with E-state index in [1.807, 2.05) is 32.9 Å². The second-order valence-electron chi connectivity index (χ2n) is 7.22. The molecule has 0 amide bonds. The number of nitrogens with two attached hydrogens (primary N) is 1. The Bertz CT molecular complexity index is 455. The number of rotatable bonds is 2. The van der Waals surface area contributed by atoms with E-state index in [-0.39, 0.29) is 16.6 Å². The number of benzene rings is 1. The van der Waals surface area contributed by atoms with Gasteiger partial charge in [0.05, 0.1) is 6.04 Å². The Labute approximate surface area is 115 Å². The molecule has 19 heavy (non-hydrogen) atoms. The normalized spacial score (nSPS) is 14.5. The van der Waals surface area contributed by atoms with Gasteiger partial charge in [0, 0.05) is 5.56 Å². The summed E-state index contributed by atoms with van der Waals surface area (Å²) in [6.45, 7) is 11.7. The van der Waals surface area contributed by atoms with Crippen LogP contribution in [0.1, 0.15) is 64.3 Å². The molecule has 0 heterocycles. The summed E-state index contributed by atoms with van der Waals surface area (Å²) in [6.07, 6.45) is 0. The Morgan fingerprint density at radius 3 is 2.00 bits per heavy atom. The third kappa shape index (κ3) is 3.47. The number of phenols is 1. The SMILES string of the molecule is CC(C)(C)c1cc([C@H](N)CF)c(O)c(C(C)(C)C)c1. The monoisotopic (exact) mass is 267 g/mol. The molecule has 1 aromatic carbocycles. The quantitative estimate of drug-likeness (QED) is 0.852. The molecule has 0 fully saturated rings. The minimum absolute atomic E-state index is 0.0709. The third-order valence-corrected chi connectivity index (χ3v) is 3.38. The molecule has 0 radical (unpaired) electrons. The average Bonchev–Trinajstić information content (AvgIpc) is 2.25. The average molecular weight is 267 g/mol. The highest BCUT2D eigenvalue weighted by Gasteiger charge is 2.26. The molecule has 1 aromatic rings. The van der Waals surface area contributed by atoms with Crippen LogP contribution in [0.3, 0.4) is 0 Å². The van der Waals surface area contributed by atoms with Gasteiger partial charge >= 0.3 is 0 Å². The summed E-state index contributed by atoms with van der Waals surface area (Å²) in [4.78, 5) is 0. The Balaban J connectivity index is 3.57. The van der Waals surface area contributed by atoms with Crippen molar-refractivity contribution in [3.05, 3.63) is 28.8 Å². The summed E-state index contributed by atoms with van der Waals surface area (Å²) in [5.74, 6) is 0.130. The summed E-state index contributed by atoms with van der Waals surface area (Å²) in [5.41, 5.74) is 7.88. The summed E-state index contributed by atoms with van der Waals surface area (Å²) in [6, 6.07) is 3.06. The van der Waals surface area contributed by atoms with E-state index in [2.05, 4.69) is 20.8 Å². The predicted molar refractivity (Wildman–Crippen MR) is 78.4 cm³/mol. The summed E-state index contributed by atoms with van der Waals surface area (Å²) in [5, 5.41) is 10.4. The van der Waals surface area contributed by atoms with Crippen LogP contribution in [0.4, 0.5) is 4.39 Å². The summed E-state index contributed by atoms with van der Waals surface area (Å²) in [7, 11) is 0. The first kappa shape index (κ1) is 16.0.